The summed E-state index contributed by atoms with van der Waals surface area (Å²) >= 11 is 0. The monoisotopic (exact) mass is 508 g/mol. The zero-order valence-corrected chi connectivity index (χ0v) is 22.0. The molecule has 190 valence electrons. The second kappa shape index (κ2) is 11.4. The van der Waals surface area contributed by atoms with Crippen LogP contribution in [0.2, 0.25) is 0 Å². The van der Waals surface area contributed by atoms with Crippen LogP contribution < -0.4 is 9.04 Å². The van der Waals surface area contributed by atoms with Gasteiger partial charge < -0.3 is 9.84 Å². The number of ether oxygens (including phenoxy) is 1. The van der Waals surface area contributed by atoms with Gasteiger partial charge in [0.15, 0.2) is 5.03 Å². The molecule has 3 aromatic rings. The second-order valence-corrected chi connectivity index (χ2v) is 11.0. The largest absolute Gasteiger partial charge is 0.487 e. The Hall–Kier alpha value is -3.65. The van der Waals surface area contributed by atoms with Gasteiger partial charge in [-0.1, -0.05) is 38.1 Å². The van der Waals surface area contributed by atoms with E-state index in [1.54, 1.807) is 12.1 Å². The van der Waals surface area contributed by atoms with Crippen molar-refractivity contribution < 1.29 is 23.1 Å². The number of hydrogen-bond donors (Lipinski definition) is 1. The third-order valence-corrected chi connectivity index (χ3v) is 7.43. The van der Waals surface area contributed by atoms with E-state index in [-0.39, 0.29) is 24.1 Å². The molecule has 0 unspecified atom stereocenters. The van der Waals surface area contributed by atoms with Crippen LogP contribution >= 0.6 is 0 Å². The van der Waals surface area contributed by atoms with E-state index in [2.05, 4.69) is 4.98 Å². The molecule has 8 heteroatoms. The lowest BCUT2D eigenvalue weighted by atomic mass is 10.0. The first-order chi connectivity index (χ1) is 17.0. The number of pyridine rings is 1. The minimum atomic E-state index is -3.92. The molecule has 0 atom stereocenters. The third kappa shape index (κ3) is 6.51. The number of aliphatic carboxylic acids is 1. The van der Waals surface area contributed by atoms with Crippen molar-refractivity contribution in [1.29, 1.82) is 0 Å². The molecular weight excluding hydrogens is 476 g/mol. The molecule has 0 amide bonds. The Morgan fingerprint density at radius 1 is 1.06 bits per heavy atom. The molecule has 0 saturated carbocycles. The molecule has 0 aliphatic rings. The van der Waals surface area contributed by atoms with Crippen LogP contribution in [0.1, 0.15) is 41.7 Å². The van der Waals surface area contributed by atoms with E-state index < -0.39 is 16.0 Å². The molecule has 1 heterocycles. The number of benzene rings is 2. The highest BCUT2D eigenvalue weighted by Crippen LogP contribution is 2.36. The molecule has 0 aliphatic heterocycles. The predicted molar refractivity (Wildman–Crippen MR) is 142 cm³/mol. The molecule has 36 heavy (non-hydrogen) atoms. The first kappa shape index (κ1) is 26.9. The van der Waals surface area contributed by atoms with Gasteiger partial charge in [-0.3, -0.25) is 4.31 Å². The van der Waals surface area contributed by atoms with Crippen LogP contribution in [0.25, 0.3) is 6.08 Å². The molecule has 0 spiro atoms. The van der Waals surface area contributed by atoms with E-state index in [9.17, 15) is 13.2 Å². The molecule has 2 aromatic carbocycles. The van der Waals surface area contributed by atoms with E-state index in [4.69, 9.17) is 9.84 Å². The highest BCUT2D eigenvalue weighted by molar-refractivity contribution is 7.92. The Labute approximate surface area is 213 Å². The second-order valence-electron chi connectivity index (χ2n) is 9.15. The van der Waals surface area contributed by atoms with Gasteiger partial charge in [-0.05, 0) is 84.8 Å². The summed E-state index contributed by atoms with van der Waals surface area (Å²) in [6.07, 6.45) is 4.10. The van der Waals surface area contributed by atoms with Crippen molar-refractivity contribution >= 4 is 27.8 Å². The van der Waals surface area contributed by atoms with Gasteiger partial charge in [0.05, 0.1) is 5.69 Å². The standard InChI is InChI=1S/C28H32N2O5S/c1-19(2)17-30(36(33,34)27-8-6-7-13-29-27)25-15-20(3)21(4)16-26(25)35-18-24-11-9-23(14-22(24)5)10-12-28(31)32/h6-16,19H,17-18H2,1-5H3,(H,31,32). The van der Waals surface area contributed by atoms with Crippen LogP contribution in [-0.4, -0.2) is 31.0 Å². The lowest BCUT2D eigenvalue weighted by Crippen LogP contribution is -2.35. The fourth-order valence-electron chi connectivity index (χ4n) is 3.66. The van der Waals surface area contributed by atoms with Gasteiger partial charge in [-0.15, -0.1) is 0 Å². The van der Waals surface area contributed by atoms with E-state index >= 15 is 0 Å². The SMILES string of the molecule is Cc1cc(OCc2ccc(C=CC(=O)O)cc2C)c(N(CC(C)C)S(=O)(=O)c2ccccn2)cc1C. The van der Waals surface area contributed by atoms with Gasteiger partial charge in [-0.25, -0.2) is 9.78 Å². The number of hydrogen-bond acceptors (Lipinski definition) is 5. The molecule has 0 bridgehead atoms. The Morgan fingerprint density at radius 2 is 1.78 bits per heavy atom. The number of carbonyl (C=O) groups is 1. The minimum absolute atomic E-state index is 0.0179. The molecule has 0 fully saturated rings. The van der Waals surface area contributed by atoms with Crippen LogP contribution in [-0.2, 0) is 21.4 Å². The van der Waals surface area contributed by atoms with Crippen LogP contribution in [0.15, 0.2) is 65.8 Å². The molecule has 1 N–H and O–H groups in total. The summed E-state index contributed by atoms with van der Waals surface area (Å²) in [6.45, 7) is 10.2. The summed E-state index contributed by atoms with van der Waals surface area (Å²) in [5.74, 6) is -0.479. The average Bonchev–Trinajstić information content (AvgIpc) is 2.83. The Kier molecular flexibility index (Phi) is 8.53. The normalized spacial score (nSPS) is 11.7. The number of carboxylic acid groups (broad SMARTS) is 1. The predicted octanol–water partition coefficient (Wildman–Crippen LogP) is 5.53. The van der Waals surface area contributed by atoms with Crippen LogP contribution in [0.3, 0.4) is 0 Å². The van der Waals surface area contributed by atoms with E-state index in [1.165, 1.54) is 22.6 Å². The number of aryl methyl sites for hydroxylation is 3. The molecule has 0 aliphatic carbocycles. The average molecular weight is 509 g/mol. The third-order valence-electron chi connectivity index (χ3n) is 5.74. The first-order valence-electron chi connectivity index (χ1n) is 11.7. The van der Waals surface area contributed by atoms with Gasteiger partial charge in [0, 0.05) is 18.8 Å². The number of rotatable bonds is 10. The topological polar surface area (TPSA) is 96.8 Å². The van der Waals surface area contributed by atoms with E-state index in [1.807, 2.05) is 65.0 Å². The van der Waals surface area contributed by atoms with Crippen molar-refractivity contribution in [2.24, 2.45) is 5.92 Å². The lowest BCUT2D eigenvalue weighted by molar-refractivity contribution is -0.131. The summed E-state index contributed by atoms with van der Waals surface area (Å²) in [6, 6.07) is 14.1. The van der Waals surface area contributed by atoms with Gasteiger partial charge in [0.2, 0.25) is 0 Å². The Bertz CT molecular complexity index is 1370. The minimum Gasteiger partial charge on any atom is -0.487 e. The zero-order chi connectivity index (χ0) is 26.5. The van der Waals surface area contributed by atoms with Gasteiger partial charge in [0.25, 0.3) is 10.0 Å². The fourth-order valence-corrected chi connectivity index (χ4v) is 5.23. The van der Waals surface area contributed by atoms with Crippen molar-refractivity contribution in [2.45, 2.75) is 46.3 Å². The maximum atomic E-state index is 13.7. The maximum absolute atomic E-state index is 13.7. The van der Waals surface area contributed by atoms with Crippen molar-refractivity contribution in [3.63, 3.8) is 0 Å². The number of nitrogens with zero attached hydrogens (tertiary/aromatic N) is 2. The van der Waals surface area contributed by atoms with E-state index in [0.717, 1.165) is 33.9 Å². The van der Waals surface area contributed by atoms with Gasteiger partial charge in [-0.2, -0.15) is 8.42 Å². The fraction of sp³-hybridized carbons (Fsp3) is 0.286. The molecule has 0 radical (unpaired) electrons. The number of aromatic nitrogens is 1. The van der Waals surface area contributed by atoms with Crippen molar-refractivity contribution in [3.05, 3.63) is 88.6 Å². The van der Waals surface area contributed by atoms with Crippen LogP contribution in [0.5, 0.6) is 5.75 Å². The zero-order valence-electron chi connectivity index (χ0n) is 21.2. The summed E-state index contributed by atoms with van der Waals surface area (Å²) in [7, 11) is -3.92. The summed E-state index contributed by atoms with van der Waals surface area (Å²) < 4.78 is 34.9. The van der Waals surface area contributed by atoms with Crippen LogP contribution in [0, 0.1) is 26.7 Å². The number of carboxylic acids is 1. The molecule has 1 aromatic heterocycles. The summed E-state index contributed by atoms with van der Waals surface area (Å²) in [5.41, 5.74) is 5.03. The number of anilines is 1. The Balaban J connectivity index is 2.00. The first-order valence-corrected chi connectivity index (χ1v) is 13.1. The molecule has 3 rings (SSSR count). The maximum Gasteiger partial charge on any atom is 0.328 e. The molecule has 7 nitrogen and oxygen atoms in total. The smallest absolute Gasteiger partial charge is 0.328 e. The van der Waals surface area contributed by atoms with Gasteiger partial charge >= 0.3 is 5.97 Å². The summed E-state index contributed by atoms with van der Waals surface area (Å²) in [4.78, 5) is 14.9. The lowest BCUT2D eigenvalue weighted by Gasteiger charge is -2.28. The van der Waals surface area contributed by atoms with Crippen molar-refractivity contribution in [3.8, 4) is 5.75 Å². The highest BCUT2D eigenvalue weighted by Gasteiger charge is 2.29. The van der Waals surface area contributed by atoms with E-state index in [0.29, 0.717) is 11.4 Å². The quantitative estimate of drug-likeness (QED) is 0.362. The molecular formula is C28H32N2O5S. The Morgan fingerprint density at radius 3 is 2.39 bits per heavy atom. The van der Waals surface area contributed by atoms with Gasteiger partial charge in [0.1, 0.15) is 12.4 Å². The highest BCUT2D eigenvalue weighted by atomic mass is 32.2. The van der Waals surface area contributed by atoms with Crippen LogP contribution in [0.4, 0.5) is 5.69 Å². The number of sulfonamides is 1. The van der Waals surface area contributed by atoms with Crippen molar-refractivity contribution in [1.82, 2.24) is 4.98 Å². The summed E-state index contributed by atoms with van der Waals surface area (Å²) in [5, 5.41) is 8.83. The van der Waals surface area contributed by atoms with Crippen molar-refractivity contribution in [2.75, 3.05) is 10.8 Å². The molecule has 0 saturated heterocycles.